The molecule has 0 spiro atoms. The van der Waals surface area contributed by atoms with E-state index >= 15 is 0 Å². The van der Waals surface area contributed by atoms with Gasteiger partial charge in [0.2, 0.25) is 4.84 Å². The molecule has 5 heteroatoms. The third-order valence-corrected chi connectivity index (χ3v) is 0.560. The van der Waals surface area contributed by atoms with Crippen LogP contribution in [0.25, 0.3) is 0 Å². The van der Waals surface area contributed by atoms with Gasteiger partial charge in [0.1, 0.15) is 0 Å². The molecule has 0 heterocycles. The summed E-state index contributed by atoms with van der Waals surface area (Å²) in [6.07, 6.45) is 0. The normalized spacial score (nSPS) is 7.86. The summed E-state index contributed by atoms with van der Waals surface area (Å²) < 4.78 is 0. The zero-order valence-electron chi connectivity index (χ0n) is 4.69. The van der Waals surface area contributed by atoms with Crippen LogP contribution in [0.5, 0.6) is 0 Å². The Balaban J connectivity index is -0.000000125. The van der Waals surface area contributed by atoms with Crippen LogP contribution in [0.1, 0.15) is 1.43 Å². The number of hydrogen-bond acceptors (Lipinski definition) is 1. The topological polar surface area (TPSA) is 37.3 Å². The average molecular weight is 137 g/mol. The Morgan fingerprint density at radius 1 is 1.71 bits per heavy atom. The van der Waals surface area contributed by atoms with Gasteiger partial charge < -0.3 is 6.53 Å². The van der Waals surface area contributed by atoms with Crippen LogP contribution in [0.4, 0.5) is 0 Å². The molecule has 0 amide bonds. The minimum atomic E-state index is -1.29. The summed E-state index contributed by atoms with van der Waals surface area (Å²) in [5, 5.41) is 7.73. The minimum Gasteiger partial charge on any atom is -1.00 e. The largest absolute Gasteiger partial charge is 1.00 e. The van der Waals surface area contributed by atoms with Crippen LogP contribution in [0.15, 0.2) is 0 Å². The fraction of sp³-hybridized carbons (Fsp3) is 0.500. The van der Waals surface area contributed by atoms with Gasteiger partial charge in [-0.25, -0.2) is 4.79 Å². The predicted molar refractivity (Wildman–Crippen MR) is 24.2 cm³/mol. The zero-order chi connectivity index (χ0) is 5.15. The van der Waals surface area contributed by atoms with Crippen molar-refractivity contribution in [1.29, 1.82) is 0 Å². The molecule has 0 aromatic carbocycles. The van der Waals surface area contributed by atoms with Crippen LogP contribution in [-0.4, -0.2) is 15.9 Å². The van der Waals surface area contributed by atoms with Gasteiger partial charge in [-0.05, 0) is 0 Å². The fourth-order valence-corrected chi connectivity index (χ4v) is 0. The van der Waals surface area contributed by atoms with Gasteiger partial charge in [-0.3, -0.25) is 0 Å². The summed E-state index contributed by atoms with van der Waals surface area (Å²) in [5.41, 5.74) is 0. The number of hydrogen-bond donors (Lipinski definition) is 1. The van der Waals surface area contributed by atoms with E-state index in [2.05, 4.69) is 0 Å². The van der Waals surface area contributed by atoms with Crippen LogP contribution >= 0.6 is 23.2 Å². The summed E-state index contributed by atoms with van der Waals surface area (Å²) >= 11 is 9.56. The van der Waals surface area contributed by atoms with Gasteiger partial charge in [0.15, 0.2) is 0 Å². The van der Waals surface area contributed by atoms with Crippen molar-refractivity contribution in [3.05, 3.63) is 0 Å². The summed E-state index contributed by atoms with van der Waals surface area (Å²) in [6.45, 7) is 0. The van der Waals surface area contributed by atoms with Gasteiger partial charge in [-0.15, -0.1) is 0 Å². The molecule has 0 fully saturated rings. The van der Waals surface area contributed by atoms with Crippen molar-refractivity contribution >= 4 is 29.2 Å². The standard InChI is InChI=1S/C2H2Cl2O2.Li.H/c3-1(4)2(5)6;;/h1H,(H,5,6);;/q;+1;-1. The van der Waals surface area contributed by atoms with Crippen LogP contribution in [0.3, 0.4) is 0 Å². The Morgan fingerprint density at radius 3 is 1.86 bits per heavy atom. The molecule has 0 unspecified atom stereocenters. The van der Waals surface area contributed by atoms with Crippen molar-refractivity contribution in [1.82, 2.24) is 0 Å². The number of alkyl halides is 2. The van der Waals surface area contributed by atoms with Gasteiger partial charge in [0, 0.05) is 0 Å². The number of rotatable bonds is 1. The van der Waals surface area contributed by atoms with Crippen molar-refractivity contribution in [2.24, 2.45) is 0 Å². The second-order valence-electron chi connectivity index (χ2n) is 0.639. The van der Waals surface area contributed by atoms with E-state index in [0.717, 1.165) is 0 Å². The second-order valence-corrected chi connectivity index (χ2v) is 1.74. The van der Waals surface area contributed by atoms with Crippen LogP contribution < -0.4 is 18.9 Å². The summed E-state index contributed by atoms with van der Waals surface area (Å²) in [7, 11) is 0. The Hall–Kier alpha value is 0.647. The molecule has 0 saturated carbocycles. The van der Waals surface area contributed by atoms with E-state index in [-0.39, 0.29) is 20.3 Å². The van der Waals surface area contributed by atoms with E-state index < -0.39 is 10.8 Å². The summed E-state index contributed by atoms with van der Waals surface area (Å²) in [5.74, 6) is -1.21. The van der Waals surface area contributed by atoms with Crippen LogP contribution in [0.2, 0.25) is 0 Å². The molecule has 0 atom stereocenters. The molecule has 2 nitrogen and oxygen atoms in total. The predicted octanol–water partition coefficient (Wildman–Crippen LogP) is -2.01. The Kier molecular flexibility index (Phi) is 7.26. The molecule has 0 radical (unpaired) electrons. The number of aliphatic carboxylic acids is 1. The minimum absolute atomic E-state index is 0. The van der Waals surface area contributed by atoms with Crippen LogP contribution in [-0.2, 0) is 4.79 Å². The first-order chi connectivity index (χ1) is 2.64. The maximum atomic E-state index is 9.44. The molecule has 0 aromatic heterocycles. The van der Waals surface area contributed by atoms with E-state index in [9.17, 15) is 4.79 Å². The number of carbonyl (C=O) groups is 1. The second kappa shape index (κ2) is 4.80. The summed E-state index contributed by atoms with van der Waals surface area (Å²) in [4.78, 5) is 8.15. The molecule has 1 N–H and O–H groups in total. The maximum absolute atomic E-state index is 9.44. The molecular weight excluding hydrogens is 134 g/mol. The third-order valence-electron chi connectivity index (χ3n) is 0.187. The van der Waals surface area contributed by atoms with E-state index in [1.54, 1.807) is 0 Å². The van der Waals surface area contributed by atoms with E-state index in [1.807, 2.05) is 0 Å². The Bertz CT molecular complexity index is 69.1. The van der Waals surface area contributed by atoms with Crippen molar-refractivity contribution in [3.63, 3.8) is 0 Å². The van der Waals surface area contributed by atoms with Gasteiger partial charge in [-0.2, -0.15) is 0 Å². The van der Waals surface area contributed by atoms with Gasteiger partial charge >= 0.3 is 24.8 Å². The summed E-state index contributed by atoms with van der Waals surface area (Å²) in [6, 6.07) is 0. The van der Waals surface area contributed by atoms with Crippen LogP contribution in [0, 0.1) is 0 Å². The first-order valence-electron chi connectivity index (χ1n) is 1.15. The van der Waals surface area contributed by atoms with E-state index in [0.29, 0.717) is 0 Å². The SMILES string of the molecule is O=C(O)C(Cl)Cl.[H-].[Li+]. The van der Waals surface area contributed by atoms with Crippen molar-refractivity contribution < 1.29 is 30.2 Å². The molecule has 0 saturated heterocycles. The third kappa shape index (κ3) is 6.65. The molecule has 0 rings (SSSR count). The molecule has 0 aliphatic heterocycles. The Labute approximate surface area is 64.4 Å². The molecule has 0 bridgehead atoms. The van der Waals surface area contributed by atoms with E-state index in [4.69, 9.17) is 28.3 Å². The van der Waals surface area contributed by atoms with Crippen molar-refractivity contribution in [2.75, 3.05) is 0 Å². The fourth-order valence-electron chi connectivity index (χ4n) is 0. The first-order valence-corrected chi connectivity index (χ1v) is 2.03. The molecule has 0 aliphatic carbocycles. The number of halogens is 2. The van der Waals surface area contributed by atoms with Crippen molar-refractivity contribution in [3.8, 4) is 0 Å². The molecular formula is C2H3Cl2LiO2. The molecule has 0 aliphatic rings. The quantitative estimate of drug-likeness (QED) is 0.335. The maximum Gasteiger partial charge on any atom is 1.00 e. The zero-order valence-corrected chi connectivity index (χ0v) is 5.20. The monoisotopic (exact) mass is 136 g/mol. The van der Waals surface area contributed by atoms with Gasteiger partial charge in [-0.1, -0.05) is 23.2 Å². The number of carboxylic acid groups (broad SMARTS) is 1. The smallest absolute Gasteiger partial charge is 1.00 e. The van der Waals surface area contributed by atoms with Crippen molar-refractivity contribution in [2.45, 2.75) is 4.84 Å². The van der Waals surface area contributed by atoms with Gasteiger partial charge in [0.25, 0.3) is 0 Å². The number of carboxylic acids is 1. The molecule has 38 valence electrons. The molecule has 7 heavy (non-hydrogen) atoms. The molecule has 0 aromatic rings. The van der Waals surface area contributed by atoms with Gasteiger partial charge in [0.05, 0.1) is 0 Å². The first kappa shape index (κ1) is 10.6. The average Bonchev–Trinajstić information content (AvgIpc) is 1.36. The Morgan fingerprint density at radius 2 is 1.86 bits per heavy atom. The van der Waals surface area contributed by atoms with E-state index in [1.165, 1.54) is 0 Å².